The highest BCUT2D eigenvalue weighted by molar-refractivity contribution is 5.87. The molecule has 0 spiro atoms. The molecule has 28 heteroatoms. The molecular formula is C61H94O28. The van der Waals surface area contributed by atoms with Crippen LogP contribution >= 0.6 is 0 Å². The zero-order chi connectivity index (χ0) is 65.6. The standard InChI is InChI=1S/C61H94O28/c1-11-25(2)51(78)89-48-49(82-27(4)66)61(24-64)29(18-56(48,5)6)28-12-13-34-57(7)16-15-35(58(8,23-63)33(57)14-17-59(34,9)60(28,10)19-36(61)81-26(3)65)84-55-47(88-53-42(74)40(72)39(71)32(20-62)83-53)44(43(75)45(86-55)50(76)77)85-54-46(38(70)31(68)22-80-54)87-52-41(73)37(69)30(67)21-79-52/h11-12,29-49,52-55,62-64,67-75H,13-24H2,1-10H3,(H,76,77)/b25-11-/t29-,30+,31-,32+,33+,34+,35-,36+,37-,38-,39-,40-,41+,42+,43-,44-,45-,46?,47+,48-,49-,52-,53-,54-,55?,57-,58-,59+,60+,61-/m0/s1. The number of fused-ring (bicyclic) bond motifs is 7. The molecular weight excluding hydrogens is 1180 g/mol. The Balaban J connectivity index is 1.07. The van der Waals surface area contributed by atoms with E-state index in [0.717, 1.165) is 5.57 Å². The van der Waals surface area contributed by atoms with E-state index in [1.54, 1.807) is 19.9 Å². The quantitative estimate of drug-likeness (QED) is 0.0271. The first-order valence-electron chi connectivity index (χ1n) is 30.9. The van der Waals surface area contributed by atoms with E-state index in [2.05, 4.69) is 26.8 Å². The lowest BCUT2D eigenvalue weighted by atomic mass is 9.33. The SMILES string of the molecule is C/C=C(/C)C(=O)O[C@H]1[C@H](OC(C)=O)[C@]2(CO)[C@H](OC(C)=O)C[C@]3(C)C(=CC[C@@H]4[C@@]5(C)CC[C@H](OC6O[C@H](C(=O)O)[C@@H](O)[C@H](O[C@@H]7OC[C@H](O)[C@H](O)C7O[C@@H]7OC[C@@H](O)[C@H](O)[C@H]7O)[C@H]6O[C@@H]6O[C@H](CO)[C@H](O)[C@H](O)[C@H]6O)[C@@](C)(CO)[C@@H]5CC[C@]43C)[C@@H]2CC1(C)C. The fourth-order valence-electron chi connectivity index (χ4n) is 17.5. The molecule has 0 radical (unpaired) electrons. The van der Waals surface area contributed by atoms with Crippen molar-refractivity contribution >= 4 is 23.9 Å². The normalized spacial score (nSPS) is 49.8. The molecule has 0 aromatic carbocycles. The Morgan fingerprint density at radius 1 is 0.607 bits per heavy atom. The van der Waals surface area contributed by atoms with Crippen LogP contribution in [0.15, 0.2) is 23.3 Å². The van der Waals surface area contributed by atoms with Gasteiger partial charge in [0.05, 0.1) is 44.6 Å². The van der Waals surface area contributed by atoms with Crippen molar-refractivity contribution in [2.24, 2.45) is 50.2 Å². The van der Waals surface area contributed by atoms with Gasteiger partial charge in [-0.1, -0.05) is 59.3 Å². The number of hydrogen-bond donors (Lipinski definition) is 13. The number of carboxylic acids is 1. The number of carbonyl (C=O) groups excluding carboxylic acids is 3. The summed E-state index contributed by atoms with van der Waals surface area (Å²) in [6, 6.07) is 0. The minimum Gasteiger partial charge on any atom is -0.479 e. The number of carboxylic acid groups (broad SMARTS) is 1. The highest BCUT2D eigenvalue weighted by Gasteiger charge is 2.75. The molecule has 2 unspecified atom stereocenters. The second-order valence-electron chi connectivity index (χ2n) is 28.0. The third-order valence-electron chi connectivity index (χ3n) is 22.7. The van der Waals surface area contributed by atoms with E-state index < -0.39 is 230 Å². The van der Waals surface area contributed by atoms with E-state index in [4.69, 9.17) is 52.1 Å². The number of aliphatic carboxylic acids is 1. The molecule has 0 aromatic heterocycles. The summed E-state index contributed by atoms with van der Waals surface area (Å²) in [4.78, 5) is 53.5. The van der Waals surface area contributed by atoms with Crippen LogP contribution in [0.5, 0.6) is 0 Å². The summed E-state index contributed by atoms with van der Waals surface area (Å²) < 4.78 is 67.3. The van der Waals surface area contributed by atoms with E-state index in [1.807, 2.05) is 20.8 Å². The number of aliphatic hydroxyl groups is 12. The van der Waals surface area contributed by atoms with Crippen molar-refractivity contribution in [1.82, 2.24) is 0 Å². The molecule has 13 N–H and O–H groups in total. The Kier molecular flexibility index (Phi) is 20.5. The molecule has 9 rings (SSSR count). The van der Waals surface area contributed by atoms with Gasteiger partial charge in [0.1, 0.15) is 91.6 Å². The summed E-state index contributed by atoms with van der Waals surface area (Å²) >= 11 is 0. The summed E-state index contributed by atoms with van der Waals surface area (Å²) in [5.74, 6) is -4.80. The fourth-order valence-corrected chi connectivity index (χ4v) is 17.5. The zero-order valence-corrected chi connectivity index (χ0v) is 52.0. The van der Waals surface area contributed by atoms with Gasteiger partial charge in [-0.25, -0.2) is 9.59 Å². The van der Waals surface area contributed by atoms with E-state index in [-0.39, 0.29) is 24.7 Å². The van der Waals surface area contributed by atoms with Crippen molar-refractivity contribution < 1.29 is 138 Å². The summed E-state index contributed by atoms with van der Waals surface area (Å²) in [6.07, 6.45) is -32.6. The zero-order valence-electron chi connectivity index (χ0n) is 52.0. The highest BCUT2D eigenvalue weighted by atomic mass is 16.8. The molecule has 4 aliphatic heterocycles. The molecule has 9 aliphatic rings. The van der Waals surface area contributed by atoms with Crippen LogP contribution in [-0.2, 0) is 71.3 Å². The Labute approximate surface area is 515 Å². The first-order chi connectivity index (χ1) is 41.6. The van der Waals surface area contributed by atoms with E-state index in [1.165, 1.54) is 13.8 Å². The molecule has 0 aromatic rings. The maximum atomic E-state index is 13.6. The third kappa shape index (κ3) is 11.8. The van der Waals surface area contributed by atoms with Crippen molar-refractivity contribution in [3.8, 4) is 0 Å². The molecule has 4 heterocycles. The van der Waals surface area contributed by atoms with E-state index in [0.29, 0.717) is 37.7 Å². The number of ether oxygens (including phenoxy) is 11. The molecule has 89 heavy (non-hydrogen) atoms. The van der Waals surface area contributed by atoms with Gasteiger partial charge in [-0.05, 0) is 92.8 Å². The second-order valence-corrected chi connectivity index (χ2v) is 28.0. The number of esters is 3. The predicted octanol–water partition coefficient (Wildman–Crippen LogP) is -1.65. The lowest BCUT2D eigenvalue weighted by Gasteiger charge is -2.72. The Morgan fingerprint density at radius 3 is 1.83 bits per heavy atom. The van der Waals surface area contributed by atoms with Crippen molar-refractivity contribution in [2.45, 2.75) is 249 Å². The smallest absolute Gasteiger partial charge is 0.335 e. The van der Waals surface area contributed by atoms with Crippen LogP contribution < -0.4 is 0 Å². The van der Waals surface area contributed by atoms with Gasteiger partial charge in [0.25, 0.3) is 0 Å². The van der Waals surface area contributed by atoms with Crippen LogP contribution in [0.4, 0.5) is 0 Å². The summed E-state index contributed by atoms with van der Waals surface area (Å²) in [6.45, 7) is 14.8. The van der Waals surface area contributed by atoms with Gasteiger partial charge in [0.15, 0.2) is 37.4 Å². The first kappa shape index (κ1) is 69.9. The minimum absolute atomic E-state index is 0.155. The van der Waals surface area contributed by atoms with Crippen LogP contribution in [0.2, 0.25) is 0 Å². The van der Waals surface area contributed by atoms with Crippen LogP contribution in [-0.4, -0.2) is 258 Å². The number of hydrogen-bond acceptors (Lipinski definition) is 27. The molecule has 5 aliphatic carbocycles. The number of carbonyl (C=O) groups is 4. The summed E-state index contributed by atoms with van der Waals surface area (Å²) in [5.41, 5.74) is -4.23. The van der Waals surface area contributed by atoms with Crippen molar-refractivity contribution in [2.75, 3.05) is 33.0 Å². The molecule has 28 nitrogen and oxygen atoms in total. The summed E-state index contributed by atoms with van der Waals surface area (Å²) in [7, 11) is 0. The maximum absolute atomic E-state index is 13.6. The highest BCUT2D eigenvalue weighted by Crippen LogP contribution is 2.76. The Morgan fingerprint density at radius 2 is 1.22 bits per heavy atom. The number of aliphatic hydroxyl groups excluding tert-OH is 12. The molecule has 0 amide bonds. The molecule has 4 saturated carbocycles. The van der Waals surface area contributed by atoms with Gasteiger partial charge >= 0.3 is 23.9 Å². The van der Waals surface area contributed by atoms with Crippen molar-refractivity contribution in [3.63, 3.8) is 0 Å². The fraction of sp³-hybridized carbons (Fsp3) is 0.869. The summed E-state index contributed by atoms with van der Waals surface area (Å²) in [5, 5.41) is 143. The topological polar surface area (TPSA) is 433 Å². The third-order valence-corrected chi connectivity index (χ3v) is 22.7. The van der Waals surface area contributed by atoms with Crippen LogP contribution in [0.3, 0.4) is 0 Å². The molecule has 8 fully saturated rings. The van der Waals surface area contributed by atoms with Gasteiger partial charge in [0.2, 0.25) is 0 Å². The Hall–Kier alpha value is -3.44. The van der Waals surface area contributed by atoms with Crippen molar-refractivity contribution in [1.29, 1.82) is 0 Å². The number of rotatable bonds is 16. The lowest BCUT2D eigenvalue weighted by Crippen LogP contribution is -2.73. The number of allylic oxidation sites excluding steroid dienone is 3. The average Bonchev–Trinajstić information content (AvgIpc) is 0.669. The van der Waals surface area contributed by atoms with Crippen molar-refractivity contribution in [3.05, 3.63) is 23.3 Å². The van der Waals surface area contributed by atoms with Gasteiger partial charge in [-0.3, -0.25) is 9.59 Å². The first-order valence-corrected chi connectivity index (χ1v) is 30.9. The average molecular weight is 1280 g/mol. The Bertz CT molecular complexity index is 2640. The van der Waals surface area contributed by atoms with E-state index in [9.17, 15) is 85.6 Å². The van der Waals surface area contributed by atoms with Gasteiger partial charge in [-0.15, -0.1) is 0 Å². The van der Waals surface area contributed by atoms with E-state index >= 15 is 0 Å². The van der Waals surface area contributed by atoms with Crippen LogP contribution in [0.25, 0.3) is 0 Å². The van der Waals surface area contributed by atoms with Gasteiger partial charge in [0, 0.05) is 30.3 Å². The second kappa shape index (κ2) is 26.0. The molecule has 0 bridgehead atoms. The van der Waals surface area contributed by atoms with Crippen LogP contribution in [0, 0.1) is 50.2 Å². The predicted molar refractivity (Wildman–Crippen MR) is 299 cm³/mol. The molecule has 4 saturated heterocycles. The van der Waals surface area contributed by atoms with Crippen LogP contribution in [0.1, 0.15) is 114 Å². The molecule has 30 atom stereocenters. The van der Waals surface area contributed by atoms with Gasteiger partial charge < -0.3 is 118 Å². The van der Waals surface area contributed by atoms with Gasteiger partial charge in [-0.2, -0.15) is 0 Å². The largest absolute Gasteiger partial charge is 0.479 e. The monoisotopic (exact) mass is 1270 g/mol. The maximum Gasteiger partial charge on any atom is 0.335 e. The minimum atomic E-state index is -2.27. The molecule has 506 valence electrons. The lowest BCUT2D eigenvalue weighted by molar-refractivity contribution is -0.400.